The minimum absolute atomic E-state index is 0.449. The lowest BCUT2D eigenvalue weighted by Gasteiger charge is -1.98. The highest BCUT2D eigenvalue weighted by molar-refractivity contribution is 7.19. The Morgan fingerprint density at radius 3 is 2.80 bits per heavy atom. The summed E-state index contributed by atoms with van der Waals surface area (Å²) in [7, 11) is 0. The summed E-state index contributed by atoms with van der Waals surface area (Å²) in [6.45, 7) is 0. The van der Waals surface area contributed by atoms with Crippen LogP contribution in [0, 0.1) is 0 Å². The molecule has 0 aliphatic carbocycles. The van der Waals surface area contributed by atoms with Crippen molar-refractivity contribution in [2.75, 3.05) is 0 Å². The van der Waals surface area contributed by atoms with E-state index in [1.807, 2.05) is 6.07 Å². The highest BCUT2D eigenvalue weighted by Crippen LogP contribution is 2.29. The van der Waals surface area contributed by atoms with Gasteiger partial charge in [-0.3, -0.25) is 9.78 Å². The molecular formula is C10H7ClN2OS. The van der Waals surface area contributed by atoms with Gasteiger partial charge in [-0.2, -0.15) is 0 Å². The lowest BCUT2D eigenvalue weighted by atomic mass is 10.2. The van der Waals surface area contributed by atoms with Gasteiger partial charge >= 0.3 is 0 Å². The van der Waals surface area contributed by atoms with Crippen LogP contribution in [0.1, 0.15) is 10.4 Å². The van der Waals surface area contributed by atoms with Crippen molar-refractivity contribution in [1.82, 2.24) is 4.98 Å². The summed E-state index contributed by atoms with van der Waals surface area (Å²) < 4.78 is 0.691. The Labute approximate surface area is 95.5 Å². The number of nitrogens with two attached hydrogens (primary N) is 1. The van der Waals surface area contributed by atoms with E-state index >= 15 is 0 Å². The monoisotopic (exact) mass is 238 g/mol. The van der Waals surface area contributed by atoms with Crippen LogP contribution in [0.2, 0.25) is 4.34 Å². The SMILES string of the molecule is NC(=O)c1ccnc(-c2ccc(Cl)s2)c1. The van der Waals surface area contributed by atoms with Crippen LogP contribution in [0.3, 0.4) is 0 Å². The average Bonchev–Trinajstić information content (AvgIpc) is 2.65. The zero-order valence-corrected chi connectivity index (χ0v) is 9.18. The number of rotatable bonds is 2. The first-order chi connectivity index (χ1) is 7.16. The Morgan fingerprint density at radius 2 is 2.20 bits per heavy atom. The summed E-state index contributed by atoms with van der Waals surface area (Å²) in [5.74, 6) is -0.457. The summed E-state index contributed by atoms with van der Waals surface area (Å²) in [5.41, 5.74) is 6.34. The van der Waals surface area contributed by atoms with Gasteiger partial charge in [-0.1, -0.05) is 11.6 Å². The molecule has 0 aliphatic heterocycles. The summed E-state index contributed by atoms with van der Waals surface area (Å²) in [6, 6.07) is 6.89. The number of carbonyl (C=O) groups is 1. The van der Waals surface area contributed by atoms with Crippen LogP contribution < -0.4 is 5.73 Å². The zero-order valence-electron chi connectivity index (χ0n) is 7.61. The van der Waals surface area contributed by atoms with Crippen LogP contribution >= 0.6 is 22.9 Å². The third-order valence-electron chi connectivity index (χ3n) is 1.87. The molecule has 2 aromatic heterocycles. The Balaban J connectivity index is 2.45. The second-order valence-electron chi connectivity index (χ2n) is 2.90. The minimum atomic E-state index is -0.457. The first-order valence-electron chi connectivity index (χ1n) is 4.18. The molecule has 0 saturated heterocycles. The number of carbonyl (C=O) groups excluding carboxylic acids is 1. The van der Waals surface area contributed by atoms with Gasteiger partial charge in [-0.05, 0) is 24.3 Å². The van der Waals surface area contributed by atoms with E-state index in [4.69, 9.17) is 17.3 Å². The molecule has 2 N–H and O–H groups in total. The molecule has 2 heterocycles. The molecule has 0 aromatic carbocycles. The first kappa shape index (κ1) is 10.1. The van der Waals surface area contributed by atoms with Gasteiger partial charge in [0.15, 0.2) is 0 Å². The summed E-state index contributed by atoms with van der Waals surface area (Å²) in [5, 5.41) is 0. The third kappa shape index (κ3) is 2.16. The largest absolute Gasteiger partial charge is 0.366 e. The predicted octanol–water partition coefficient (Wildman–Crippen LogP) is 2.56. The van der Waals surface area contributed by atoms with Gasteiger partial charge in [-0.15, -0.1) is 11.3 Å². The molecule has 5 heteroatoms. The van der Waals surface area contributed by atoms with Gasteiger partial charge in [0.05, 0.1) is 14.9 Å². The minimum Gasteiger partial charge on any atom is -0.366 e. The number of pyridine rings is 1. The van der Waals surface area contributed by atoms with Gasteiger partial charge < -0.3 is 5.73 Å². The van der Waals surface area contributed by atoms with E-state index in [2.05, 4.69) is 4.98 Å². The molecule has 2 rings (SSSR count). The van der Waals surface area contributed by atoms with Crippen LogP contribution in [0.4, 0.5) is 0 Å². The molecule has 1 amide bonds. The maximum atomic E-state index is 11.0. The van der Waals surface area contributed by atoms with Crippen molar-refractivity contribution in [3.63, 3.8) is 0 Å². The topological polar surface area (TPSA) is 56.0 Å². The van der Waals surface area contributed by atoms with E-state index in [1.165, 1.54) is 11.3 Å². The molecule has 0 aliphatic rings. The molecule has 0 atom stereocenters. The average molecular weight is 239 g/mol. The molecular weight excluding hydrogens is 232 g/mol. The van der Waals surface area contributed by atoms with Gasteiger partial charge in [-0.25, -0.2) is 0 Å². The Kier molecular flexibility index (Phi) is 2.70. The van der Waals surface area contributed by atoms with Gasteiger partial charge in [0.2, 0.25) is 5.91 Å². The smallest absolute Gasteiger partial charge is 0.248 e. The van der Waals surface area contributed by atoms with Gasteiger partial charge in [0.25, 0.3) is 0 Å². The lowest BCUT2D eigenvalue weighted by molar-refractivity contribution is 0.1000. The zero-order chi connectivity index (χ0) is 10.8. The Hall–Kier alpha value is -1.39. The number of nitrogens with zero attached hydrogens (tertiary/aromatic N) is 1. The predicted molar refractivity (Wildman–Crippen MR) is 61.1 cm³/mol. The molecule has 3 nitrogen and oxygen atoms in total. The van der Waals surface area contributed by atoms with Crippen LogP contribution in [-0.2, 0) is 0 Å². The van der Waals surface area contributed by atoms with Gasteiger partial charge in [0.1, 0.15) is 0 Å². The summed E-state index contributed by atoms with van der Waals surface area (Å²) in [4.78, 5) is 16.0. The van der Waals surface area contributed by atoms with Crippen molar-refractivity contribution in [1.29, 1.82) is 0 Å². The number of hydrogen-bond donors (Lipinski definition) is 1. The summed E-state index contributed by atoms with van der Waals surface area (Å²) >= 11 is 7.22. The van der Waals surface area contributed by atoms with Crippen molar-refractivity contribution in [3.8, 4) is 10.6 Å². The van der Waals surface area contributed by atoms with E-state index in [9.17, 15) is 4.79 Å². The molecule has 2 aromatic rings. The second kappa shape index (κ2) is 4.00. The van der Waals surface area contributed by atoms with Crippen molar-refractivity contribution in [2.45, 2.75) is 0 Å². The number of hydrogen-bond acceptors (Lipinski definition) is 3. The number of amides is 1. The van der Waals surface area contributed by atoms with E-state index in [0.29, 0.717) is 15.6 Å². The fraction of sp³-hybridized carbons (Fsp3) is 0. The standard InChI is InChI=1S/C10H7ClN2OS/c11-9-2-1-8(15-9)7-5-6(10(12)14)3-4-13-7/h1-5H,(H2,12,14). The fourth-order valence-corrected chi connectivity index (χ4v) is 2.18. The van der Waals surface area contributed by atoms with Crippen LogP contribution in [0.5, 0.6) is 0 Å². The highest BCUT2D eigenvalue weighted by Gasteiger charge is 2.06. The van der Waals surface area contributed by atoms with Crippen molar-refractivity contribution >= 4 is 28.8 Å². The maximum Gasteiger partial charge on any atom is 0.248 e. The normalized spacial score (nSPS) is 10.2. The second-order valence-corrected chi connectivity index (χ2v) is 4.61. The molecule has 15 heavy (non-hydrogen) atoms. The number of halogens is 1. The number of thiophene rings is 1. The maximum absolute atomic E-state index is 11.0. The van der Waals surface area contributed by atoms with E-state index < -0.39 is 5.91 Å². The summed E-state index contributed by atoms with van der Waals surface area (Å²) in [6.07, 6.45) is 1.56. The molecule has 0 spiro atoms. The lowest BCUT2D eigenvalue weighted by Crippen LogP contribution is -2.10. The highest BCUT2D eigenvalue weighted by atomic mass is 35.5. The molecule has 0 unspecified atom stereocenters. The molecule has 0 radical (unpaired) electrons. The number of primary amides is 1. The van der Waals surface area contributed by atoms with Crippen molar-refractivity contribution in [3.05, 3.63) is 40.4 Å². The third-order valence-corrected chi connectivity index (χ3v) is 3.12. The Morgan fingerprint density at radius 1 is 1.40 bits per heavy atom. The van der Waals surface area contributed by atoms with E-state index in [-0.39, 0.29) is 0 Å². The van der Waals surface area contributed by atoms with Gasteiger partial charge in [0, 0.05) is 11.8 Å². The fourth-order valence-electron chi connectivity index (χ4n) is 1.17. The van der Waals surface area contributed by atoms with Crippen LogP contribution in [0.15, 0.2) is 30.5 Å². The van der Waals surface area contributed by atoms with Crippen LogP contribution in [-0.4, -0.2) is 10.9 Å². The molecule has 0 fully saturated rings. The number of aromatic nitrogens is 1. The van der Waals surface area contributed by atoms with Crippen molar-refractivity contribution in [2.24, 2.45) is 5.73 Å². The Bertz CT molecular complexity index is 510. The molecule has 76 valence electrons. The van der Waals surface area contributed by atoms with E-state index in [1.54, 1.807) is 24.4 Å². The molecule has 0 saturated carbocycles. The first-order valence-corrected chi connectivity index (χ1v) is 5.38. The quantitative estimate of drug-likeness (QED) is 0.874. The van der Waals surface area contributed by atoms with E-state index in [0.717, 1.165) is 4.88 Å². The van der Waals surface area contributed by atoms with Crippen LogP contribution in [0.25, 0.3) is 10.6 Å². The molecule has 0 bridgehead atoms. The van der Waals surface area contributed by atoms with Crippen molar-refractivity contribution < 1.29 is 4.79 Å².